The minimum Gasteiger partial charge on any atom is -0.471 e. The number of nitrogens with one attached hydrogen (secondary N) is 1. The molecule has 2 rings (SSSR count). The minimum atomic E-state index is -0.502. The van der Waals surface area contributed by atoms with Gasteiger partial charge in [-0.3, -0.25) is 0 Å². The summed E-state index contributed by atoms with van der Waals surface area (Å²) in [6.07, 6.45) is 2.46. The smallest absolute Gasteiger partial charge is 0.251 e. The number of rotatable bonds is 7. The summed E-state index contributed by atoms with van der Waals surface area (Å²) in [5, 5.41) is 3.12. The third-order valence-corrected chi connectivity index (χ3v) is 3.00. The van der Waals surface area contributed by atoms with Gasteiger partial charge in [0.25, 0.3) is 5.88 Å². The van der Waals surface area contributed by atoms with Crippen molar-refractivity contribution in [3.8, 4) is 5.88 Å². The van der Waals surface area contributed by atoms with E-state index in [1.165, 1.54) is 12.3 Å². The largest absolute Gasteiger partial charge is 0.471 e. The van der Waals surface area contributed by atoms with Crippen molar-refractivity contribution in [1.29, 1.82) is 0 Å². The van der Waals surface area contributed by atoms with E-state index < -0.39 is 5.82 Å². The third-order valence-electron chi connectivity index (χ3n) is 3.00. The molecular formula is C16H18F2N2O. The van der Waals surface area contributed by atoms with Gasteiger partial charge in [-0.2, -0.15) is 0 Å². The van der Waals surface area contributed by atoms with Gasteiger partial charge in [-0.15, -0.1) is 0 Å². The summed E-state index contributed by atoms with van der Waals surface area (Å²) in [4.78, 5) is 3.86. The van der Waals surface area contributed by atoms with Crippen molar-refractivity contribution in [1.82, 2.24) is 10.3 Å². The Morgan fingerprint density at radius 3 is 2.71 bits per heavy atom. The van der Waals surface area contributed by atoms with E-state index in [2.05, 4.69) is 10.3 Å². The Morgan fingerprint density at radius 2 is 1.95 bits per heavy atom. The summed E-state index contributed by atoms with van der Waals surface area (Å²) < 4.78 is 33.0. The second-order valence-corrected chi connectivity index (χ2v) is 4.65. The van der Waals surface area contributed by atoms with E-state index in [4.69, 9.17) is 4.74 Å². The Balaban J connectivity index is 2.03. The van der Waals surface area contributed by atoms with Crippen LogP contribution in [0, 0.1) is 11.6 Å². The lowest BCUT2D eigenvalue weighted by Gasteiger charge is -2.10. The van der Waals surface area contributed by atoms with Crippen LogP contribution in [0.3, 0.4) is 0 Å². The molecule has 0 spiro atoms. The van der Waals surface area contributed by atoms with E-state index in [0.29, 0.717) is 17.7 Å². The Morgan fingerprint density at radius 1 is 1.14 bits per heavy atom. The molecule has 1 aromatic carbocycles. The van der Waals surface area contributed by atoms with Gasteiger partial charge in [0.1, 0.15) is 12.4 Å². The molecule has 0 amide bonds. The van der Waals surface area contributed by atoms with Gasteiger partial charge in [-0.05, 0) is 25.1 Å². The molecule has 0 saturated heterocycles. The maximum absolute atomic E-state index is 14.2. The molecule has 21 heavy (non-hydrogen) atoms. The van der Waals surface area contributed by atoms with Gasteiger partial charge in [0.2, 0.25) is 0 Å². The predicted octanol–water partition coefficient (Wildman–Crippen LogP) is 3.44. The SMILES string of the molecule is CCCNCc1ccnc(OCc2ccccc2F)c1F. The molecule has 0 aliphatic carbocycles. The van der Waals surface area contributed by atoms with E-state index in [0.717, 1.165) is 13.0 Å². The summed E-state index contributed by atoms with van der Waals surface area (Å²) in [5.74, 6) is -0.981. The van der Waals surface area contributed by atoms with Crippen molar-refractivity contribution in [3.05, 3.63) is 59.3 Å². The van der Waals surface area contributed by atoms with Gasteiger partial charge in [0, 0.05) is 23.9 Å². The van der Waals surface area contributed by atoms with E-state index >= 15 is 0 Å². The van der Waals surface area contributed by atoms with Gasteiger partial charge in [0.05, 0.1) is 0 Å². The van der Waals surface area contributed by atoms with Crippen LogP contribution in [0.25, 0.3) is 0 Å². The monoisotopic (exact) mass is 292 g/mol. The first-order chi connectivity index (χ1) is 10.2. The molecule has 0 saturated carbocycles. The van der Waals surface area contributed by atoms with Gasteiger partial charge in [-0.25, -0.2) is 13.8 Å². The van der Waals surface area contributed by atoms with Gasteiger partial charge in [-0.1, -0.05) is 25.1 Å². The normalized spacial score (nSPS) is 10.6. The van der Waals surface area contributed by atoms with Crippen molar-refractivity contribution in [2.75, 3.05) is 6.54 Å². The fraction of sp³-hybridized carbons (Fsp3) is 0.312. The van der Waals surface area contributed by atoms with Crippen LogP contribution in [-0.4, -0.2) is 11.5 Å². The van der Waals surface area contributed by atoms with Crippen LogP contribution < -0.4 is 10.1 Å². The number of benzene rings is 1. The number of hydrogen-bond acceptors (Lipinski definition) is 3. The van der Waals surface area contributed by atoms with Crippen molar-refractivity contribution < 1.29 is 13.5 Å². The number of ether oxygens (including phenoxy) is 1. The summed E-state index contributed by atoms with van der Waals surface area (Å²) in [7, 11) is 0. The molecule has 1 N–H and O–H groups in total. The zero-order valence-electron chi connectivity index (χ0n) is 11.9. The van der Waals surface area contributed by atoms with E-state index in [1.807, 2.05) is 6.92 Å². The molecule has 0 unspecified atom stereocenters. The quantitative estimate of drug-likeness (QED) is 0.794. The molecule has 0 aliphatic heterocycles. The lowest BCUT2D eigenvalue weighted by atomic mass is 10.2. The van der Waals surface area contributed by atoms with Crippen LogP contribution in [0.4, 0.5) is 8.78 Å². The highest BCUT2D eigenvalue weighted by atomic mass is 19.1. The highest BCUT2D eigenvalue weighted by molar-refractivity contribution is 5.24. The lowest BCUT2D eigenvalue weighted by Crippen LogP contribution is -2.15. The molecular weight excluding hydrogens is 274 g/mol. The average molecular weight is 292 g/mol. The van der Waals surface area contributed by atoms with Crippen LogP contribution in [0.15, 0.2) is 36.5 Å². The van der Waals surface area contributed by atoms with Crippen molar-refractivity contribution >= 4 is 0 Å². The Hall–Kier alpha value is -2.01. The Kier molecular flexibility index (Phi) is 5.63. The summed E-state index contributed by atoms with van der Waals surface area (Å²) in [6.45, 7) is 3.21. The van der Waals surface area contributed by atoms with Crippen LogP contribution in [0.2, 0.25) is 0 Å². The minimum absolute atomic E-state index is 0.0531. The Labute approximate surface area is 123 Å². The zero-order chi connectivity index (χ0) is 15.1. The van der Waals surface area contributed by atoms with Crippen LogP contribution in [0.1, 0.15) is 24.5 Å². The highest BCUT2D eigenvalue weighted by Crippen LogP contribution is 2.19. The van der Waals surface area contributed by atoms with Crippen molar-refractivity contribution in [2.45, 2.75) is 26.5 Å². The molecule has 2 aromatic rings. The molecule has 0 aliphatic rings. The number of hydrogen-bond donors (Lipinski definition) is 1. The predicted molar refractivity (Wildman–Crippen MR) is 76.9 cm³/mol. The molecule has 1 aromatic heterocycles. The van der Waals surface area contributed by atoms with E-state index in [9.17, 15) is 8.78 Å². The molecule has 0 radical (unpaired) electrons. The summed E-state index contributed by atoms with van der Waals surface area (Å²) in [5.41, 5.74) is 0.857. The molecule has 3 nitrogen and oxygen atoms in total. The number of nitrogens with zero attached hydrogens (tertiary/aromatic N) is 1. The van der Waals surface area contributed by atoms with Crippen molar-refractivity contribution in [3.63, 3.8) is 0 Å². The first kappa shape index (κ1) is 15.4. The lowest BCUT2D eigenvalue weighted by molar-refractivity contribution is 0.271. The fourth-order valence-corrected chi connectivity index (χ4v) is 1.86. The highest BCUT2D eigenvalue weighted by Gasteiger charge is 2.11. The summed E-state index contributed by atoms with van der Waals surface area (Å²) in [6, 6.07) is 7.84. The molecule has 0 atom stereocenters. The maximum Gasteiger partial charge on any atom is 0.251 e. The first-order valence-corrected chi connectivity index (χ1v) is 6.92. The van der Waals surface area contributed by atoms with Gasteiger partial charge in [0.15, 0.2) is 5.82 Å². The first-order valence-electron chi connectivity index (χ1n) is 6.92. The summed E-state index contributed by atoms with van der Waals surface area (Å²) >= 11 is 0. The van der Waals surface area contributed by atoms with Crippen LogP contribution in [0.5, 0.6) is 5.88 Å². The standard InChI is InChI=1S/C16H18F2N2O/c1-2-8-19-10-12-7-9-20-16(15(12)18)21-11-13-5-3-4-6-14(13)17/h3-7,9,19H,2,8,10-11H2,1H3. The topological polar surface area (TPSA) is 34.2 Å². The maximum atomic E-state index is 14.2. The second-order valence-electron chi connectivity index (χ2n) is 4.65. The molecule has 1 heterocycles. The van der Waals surface area contributed by atoms with Gasteiger partial charge < -0.3 is 10.1 Å². The van der Waals surface area contributed by atoms with Crippen molar-refractivity contribution in [2.24, 2.45) is 0 Å². The molecule has 0 bridgehead atoms. The van der Waals surface area contributed by atoms with Crippen LogP contribution >= 0.6 is 0 Å². The number of pyridine rings is 1. The average Bonchev–Trinajstić information content (AvgIpc) is 2.49. The van der Waals surface area contributed by atoms with Crippen LogP contribution in [-0.2, 0) is 13.2 Å². The van der Waals surface area contributed by atoms with E-state index in [-0.39, 0.29) is 18.3 Å². The zero-order valence-corrected chi connectivity index (χ0v) is 11.9. The fourth-order valence-electron chi connectivity index (χ4n) is 1.86. The molecule has 112 valence electrons. The Bertz CT molecular complexity index is 590. The van der Waals surface area contributed by atoms with Gasteiger partial charge >= 0.3 is 0 Å². The third kappa shape index (κ3) is 4.23. The molecule has 0 fully saturated rings. The number of halogens is 2. The van der Waals surface area contributed by atoms with E-state index in [1.54, 1.807) is 24.3 Å². The second kappa shape index (κ2) is 7.69. The molecule has 5 heteroatoms. The number of aromatic nitrogens is 1.